The lowest BCUT2D eigenvalue weighted by Gasteiger charge is -2.10. The van der Waals surface area contributed by atoms with Crippen LogP contribution >= 0.6 is 0 Å². The predicted molar refractivity (Wildman–Crippen MR) is 74.6 cm³/mol. The predicted octanol–water partition coefficient (Wildman–Crippen LogP) is 0.872. The summed E-state index contributed by atoms with van der Waals surface area (Å²) in [7, 11) is 0. The molecule has 23 heavy (non-hydrogen) atoms. The molecule has 0 atom stereocenters. The first-order chi connectivity index (χ1) is 10.8. The van der Waals surface area contributed by atoms with Crippen molar-refractivity contribution in [2.45, 2.75) is 19.3 Å². The Morgan fingerprint density at radius 1 is 1.22 bits per heavy atom. The van der Waals surface area contributed by atoms with Crippen molar-refractivity contribution in [3.8, 4) is 0 Å². The van der Waals surface area contributed by atoms with Crippen molar-refractivity contribution in [3.05, 3.63) is 68.5 Å². The maximum atomic E-state index is 12.6. The van der Waals surface area contributed by atoms with Crippen LogP contribution in [-0.2, 0) is 24.1 Å². The molecule has 0 saturated heterocycles. The fourth-order valence-electron chi connectivity index (χ4n) is 1.84. The van der Waals surface area contributed by atoms with Crippen LogP contribution in [0.25, 0.3) is 0 Å². The largest absolute Gasteiger partial charge is 0.416 e. The molecule has 0 spiro atoms. The summed E-state index contributed by atoms with van der Waals surface area (Å²) in [5, 5.41) is 2.41. The lowest BCUT2D eigenvalue weighted by atomic mass is 10.1. The Hall–Kier alpha value is -2.84. The summed E-state index contributed by atoms with van der Waals surface area (Å²) >= 11 is 0. The van der Waals surface area contributed by atoms with Crippen LogP contribution in [0.15, 0.2) is 46.1 Å². The van der Waals surface area contributed by atoms with Gasteiger partial charge >= 0.3 is 11.9 Å². The van der Waals surface area contributed by atoms with Gasteiger partial charge < -0.3 is 5.32 Å². The van der Waals surface area contributed by atoms with E-state index >= 15 is 0 Å². The number of hydrogen-bond acceptors (Lipinski definition) is 3. The van der Waals surface area contributed by atoms with Crippen molar-refractivity contribution in [1.82, 2.24) is 14.9 Å². The number of nitrogens with zero attached hydrogens (tertiary/aromatic N) is 1. The van der Waals surface area contributed by atoms with Crippen molar-refractivity contribution >= 4 is 5.91 Å². The van der Waals surface area contributed by atoms with E-state index in [2.05, 4.69) is 5.32 Å². The highest BCUT2D eigenvalue weighted by molar-refractivity contribution is 5.75. The number of amides is 1. The molecule has 0 saturated carbocycles. The summed E-state index contributed by atoms with van der Waals surface area (Å²) < 4.78 is 38.7. The van der Waals surface area contributed by atoms with Gasteiger partial charge in [0.05, 0.1) is 5.56 Å². The molecule has 0 fully saturated rings. The van der Waals surface area contributed by atoms with Crippen LogP contribution in [0.3, 0.4) is 0 Å². The van der Waals surface area contributed by atoms with Gasteiger partial charge in [-0.2, -0.15) is 13.2 Å². The van der Waals surface area contributed by atoms with Crippen LogP contribution in [0, 0.1) is 0 Å². The van der Waals surface area contributed by atoms with Gasteiger partial charge in [0.15, 0.2) is 0 Å². The number of aromatic amines is 1. The lowest BCUT2D eigenvalue weighted by Crippen LogP contribution is -2.35. The fourth-order valence-corrected chi connectivity index (χ4v) is 1.84. The molecule has 1 heterocycles. The number of hydrogen-bond donors (Lipinski definition) is 2. The molecule has 1 amide bonds. The molecule has 9 heteroatoms. The normalized spacial score (nSPS) is 11.3. The zero-order chi connectivity index (χ0) is 17.0. The monoisotopic (exact) mass is 327 g/mol. The van der Waals surface area contributed by atoms with Crippen molar-refractivity contribution in [2.24, 2.45) is 0 Å². The second-order valence-electron chi connectivity index (χ2n) is 4.71. The van der Waals surface area contributed by atoms with Crippen LogP contribution in [0.2, 0.25) is 0 Å². The molecule has 0 aliphatic rings. The van der Waals surface area contributed by atoms with E-state index in [9.17, 15) is 27.6 Å². The minimum Gasteiger partial charge on any atom is -0.350 e. The molecule has 6 nitrogen and oxygen atoms in total. The number of carbonyl (C=O) groups is 1. The molecule has 0 radical (unpaired) electrons. The van der Waals surface area contributed by atoms with Crippen LogP contribution in [0.5, 0.6) is 0 Å². The summed E-state index contributed by atoms with van der Waals surface area (Å²) in [5.41, 5.74) is -1.86. The van der Waals surface area contributed by atoms with E-state index < -0.39 is 28.9 Å². The molecule has 0 bridgehead atoms. The first-order valence-electron chi connectivity index (χ1n) is 6.48. The highest BCUT2D eigenvalue weighted by Gasteiger charge is 2.30. The Morgan fingerprint density at radius 3 is 2.61 bits per heavy atom. The quantitative estimate of drug-likeness (QED) is 0.874. The Morgan fingerprint density at radius 2 is 1.96 bits per heavy atom. The molecule has 1 aromatic carbocycles. The number of nitrogens with one attached hydrogen (secondary N) is 2. The summed E-state index contributed by atoms with van der Waals surface area (Å²) in [6, 6.07) is 5.65. The summed E-state index contributed by atoms with van der Waals surface area (Å²) in [4.78, 5) is 36.0. The highest BCUT2D eigenvalue weighted by Crippen LogP contribution is 2.29. The van der Waals surface area contributed by atoms with Crippen LogP contribution in [-0.4, -0.2) is 15.5 Å². The van der Waals surface area contributed by atoms with Gasteiger partial charge in [0.2, 0.25) is 5.91 Å². The molecule has 122 valence electrons. The zero-order valence-corrected chi connectivity index (χ0v) is 11.7. The maximum absolute atomic E-state index is 12.6. The molecule has 2 rings (SSSR count). The molecule has 2 N–H and O–H groups in total. The minimum absolute atomic E-state index is 0.110. The zero-order valence-electron chi connectivity index (χ0n) is 11.7. The standard InChI is InChI=1S/C14H12F3N3O3/c15-14(16,17)10-3-1-2-9(6-10)7-18-12(22)8-20-5-4-11(21)19-13(20)23/h1-6H,7-8H2,(H,18,22)(H,19,21,23). The topological polar surface area (TPSA) is 84.0 Å². The molecule has 2 aromatic rings. The second-order valence-corrected chi connectivity index (χ2v) is 4.71. The number of carbonyl (C=O) groups excluding carboxylic acids is 1. The first kappa shape index (κ1) is 16.5. The summed E-state index contributed by atoms with van der Waals surface area (Å²) in [6.45, 7) is -0.463. The first-order valence-corrected chi connectivity index (χ1v) is 6.48. The molecule has 1 aromatic heterocycles. The Kier molecular flexibility index (Phi) is 4.68. The minimum atomic E-state index is -4.46. The molecular formula is C14H12F3N3O3. The van der Waals surface area contributed by atoms with E-state index in [-0.39, 0.29) is 18.7 Å². The fraction of sp³-hybridized carbons (Fsp3) is 0.214. The maximum Gasteiger partial charge on any atom is 0.416 e. The van der Waals surface area contributed by atoms with Gasteiger partial charge in [-0.25, -0.2) is 4.79 Å². The number of halogens is 3. The average Bonchev–Trinajstić information content (AvgIpc) is 2.47. The van der Waals surface area contributed by atoms with Crippen molar-refractivity contribution in [2.75, 3.05) is 0 Å². The van der Waals surface area contributed by atoms with Crippen molar-refractivity contribution in [1.29, 1.82) is 0 Å². The smallest absolute Gasteiger partial charge is 0.350 e. The van der Waals surface area contributed by atoms with Crippen LogP contribution in [0.1, 0.15) is 11.1 Å². The molecule has 0 unspecified atom stereocenters. The molecule has 0 aliphatic carbocycles. The SMILES string of the molecule is O=C(Cn1ccc(=O)[nH]c1=O)NCc1cccc(C(F)(F)F)c1. The molecular weight excluding hydrogens is 315 g/mol. The Bertz CT molecular complexity index is 824. The van der Waals surface area contributed by atoms with Gasteiger partial charge in [0, 0.05) is 18.8 Å². The van der Waals surface area contributed by atoms with E-state index in [1.54, 1.807) is 0 Å². The number of alkyl halides is 3. The number of H-pyrrole nitrogens is 1. The van der Waals surface area contributed by atoms with Gasteiger partial charge in [-0.1, -0.05) is 12.1 Å². The van der Waals surface area contributed by atoms with E-state index in [0.717, 1.165) is 29.0 Å². The van der Waals surface area contributed by atoms with Gasteiger partial charge in [-0.15, -0.1) is 0 Å². The third-order valence-corrected chi connectivity index (χ3v) is 2.95. The van der Waals surface area contributed by atoms with E-state index in [4.69, 9.17) is 0 Å². The van der Waals surface area contributed by atoms with Gasteiger partial charge in [0.1, 0.15) is 6.54 Å². The number of aromatic nitrogens is 2. The second kappa shape index (κ2) is 6.51. The van der Waals surface area contributed by atoms with E-state index in [1.807, 2.05) is 4.98 Å². The Labute approximate surface area is 127 Å². The van der Waals surface area contributed by atoms with Gasteiger partial charge in [0.25, 0.3) is 5.56 Å². The van der Waals surface area contributed by atoms with Gasteiger partial charge in [-0.3, -0.25) is 19.1 Å². The van der Waals surface area contributed by atoms with Crippen LogP contribution in [0.4, 0.5) is 13.2 Å². The average molecular weight is 327 g/mol. The number of rotatable bonds is 4. The van der Waals surface area contributed by atoms with Crippen molar-refractivity contribution in [3.63, 3.8) is 0 Å². The van der Waals surface area contributed by atoms with Gasteiger partial charge in [-0.05, 0) is 17.7 Å². The van der Waals surface area contributed by atoms with E-state index in [1.165, 1.54) is 12.1 Å². The number of benzene rings is 1. The van der Waals surface area contributed by atoms with Crippen molar-refractivity contribution < 1.29 is 18.0 Å². The summed E-state index contributed by atoms with van der Waals surface area (Å²) in [6.07, 6.45) is -3.30. The van der Waals surface area contributed by atoms with E-state index in [0.29, 0.717) is 0 Å². The lowest BCUT2D eigenvalue weighted by molar-refractivity contribution is -0.137. The summed E-state index contributed by atoms with van der Waals surface area (Å²) in [5.74, 6) is -0.573. The van der Waals surface area contributed by atoms with Crippen LogP contribution < -0.4 is 16.6 Å². The third kappa shape index (κ3) is 4.56. The molecule has 0 aliphatic heterocycles. The highest BCUT2D eigenvalue weighted by atomic mass is 19.4. The Balaban J connectivity index is 1.99. The third-order valence-electron chi connectivity index (χ3n) is 2.95.